The summed E-state index contributed by atoms with van der Waals surface area (Å²) in [4.78, 5) is 3.56. The summed E-state index contributed by atoms with van der Waals surface area (Å²) in [5.41, 5.74) is 1.98. The van der Waals surface area contributed by atoms with Crippen LogP contribution in [0.3, 0.4) is 0 Å². The molecule has 0 unspecified atom stereocenters. The van der Waals surface area contributed by atoms with Crippen LogP contribution in [-0.2, 0) is 0 Å². The van der Waals surface area contributed by atoms with E-state index in [1.165, 1.54) is 12.1 Å². The van der Waals surface area contributed by atoms with Crippen LogP contribution in [0.4, 0.5) is 14.6 Å². The molecule has 20 heavy (non-hydrogen) atoms. The Hall–Kier alpha value is -1.15. The van der Waals surface area contributed by atoms with Crippen LogP contribution in [0.25, 0.3) is 0 Å². The highest BCUT2D eigenvalue weighted by Crippen LogP contribution is 2.37. The zero-order valence-electron chi connectivity index (χ0n) is 9.55. The lowest BCUT2D eigenvalue weighted by Gasteiger charge is -2.10. The van der Waals surface area contributed by atoms with Gasteiger partial charge in [0.05, 0.1) is 10.0 Å². The second kappa shape index (κ2) is 6.09. The van der Waals surface area contributed by atoms with Gasteiger partial charge in [0.1, 0.15) is 5.75 Å². The Morgan fingerprint density at radius 3 is 2.50 bits per heavy atom. The smallest absolute Gasteiger partial charge is 0.258 e. The maximum atomic E-state index is 13.6. The fraction of sp³-hybridized carbons (Fsp3) is 0. The van der Waals surface area contributed by atoms with Gasteiger partial charge in [0.15, 0.2) is 17.5 Å². The van der Waals surface area contributed by atoms with E-state index in [-0.39, 0.29) is 16.6 Å². The molecule has 3 N–H and O–H groups in total. The van der Waals surface area contributed by atoms with Gasteiger partial charge >= 0.3 is 0 Å². The molecule has 0 bridgehead atoms. The third kappa shape index (κ3) is 3.12. The van der Waals surface area contributed by atoms with Crippen molar-refractivity contribution in [3.63, 3.8) is 0 Å². The molecule has 2 aromatic rings. The van der Waals surface area contributed by atoms with Gasteiger partial charge in [0.2, 0.25) is 0 Å². The molecule has 0 radical (unpaired) electrons. The minimum Gasteiger partial charge on any atom is -0.435 e. The topological polar surface area (TPSA) is 60.2 Å². The number of nitrogens with two attached hydrogens (primary N) is 1. The van der Waals surface area contributed by atoms with Crippen molar-refractivity contribution in [1.82, 2.24) is 4.98 Å². The lowest BCUT2D eigenvalue weighted by atomic mass is 10.3. The van der Waals surface area contributed by atoms with Crippen molar-refractivity contribution in [2.24, 2.45) is 5.84 Å². The van der Waals surface area contributed by atoms with E-state index in [0.29, 0.717) is 15.6 Å². The van der Waals surface area contributed by atoms with Crippen LogP contribution in [0.5, 0.6) is 11.6 Å². The Balaban J connectivity index is 2.42. The van der Waals surface area contributed by atoms with Crippen molar-refractivity contribution in [3.05, 3.63) is 44.4 Å². The van der Waals surface area contributed by atoms with Crippen molar-refractivity contribution < 1.29 is 13.5 Å². The number of pyridine rings is 1. The van der Waals surface area contributed by atoms with Crippen molar-refractivity contribution in [3.8, 4) is 11.6 Å². The Morgan fingerprint density at radius 1 is 1.15 bits per heavy atom. The van der Waals surface area contributed by atoms with Gasteiger partial charge in [-0.05, 0) is 22.0 Å². The Morgan fingerprint density at radius 2 is 1.85 bits per heavy atom. The van der Waals surface area contributed by atoms with E-state index in [2.05, 4.69) is 20.9 Å². The first kappa shape index (κ1) is 15.2. The molecule has 2 rings (SSSR count). The quantitative estimate of drug-likeness (QED) is 0.464. The van der Waals surface area contributed by atoms with Crippen LogP contribution in [0.15, 0.2) is 22.7 Å². The zero-order chi connectivity index (χ0) is 14.9. The third-order valence-electron chi connectivity index (χ3n) is 2.22. The molecule has 0 aliphatic heterocycles. The van der Waals surface area contributed by atoms with Gasteiger partial charge in [-0.1, -0.05) is 23.2 Å². The maximum Gasteiger partial charge on any atom is 0.258 e. The highest BCUT2D eigenvalue weighted by Gasteiger charge is 2.15. The summed E-state index contributed by atoms with van der Waals surface area (Å²) in [6.45, 7) is 0. The average molecular weight is 385 g/mol. The molecule has 1 heterocycles. The van der Waals surface area contributed by atoms with Crippen molar-refractivity contribution >= 4 is 44.9 Å². The average Bonchev–Trinajstić information content (AvgIpc) is 2.38. The molecule has 0 spiro atoms. The van der Waals surface area contributed by atoms with Crippen LogP contribution in [0.2, 0.25) is 10.0 Å². The molecule has 4 nitrogen and oxygen atoms in total. The Labute approximate surface area is 130 Å². The summed E-state index contributed by atoms with van der Waals surface area (Å²) >= 11 is 15.0. The number of ether oxygens (including phenoxy) is 1. The van der Waals surface area contributed by atoms with Gasteiger partial charge in [-0.25, -0.2) is 14.6 Å². The summed E-state index contributed by atoms with van der Waals surface area (Å²) < 4.78 is 32.5. The third-order valence-corrected chi connectivity index (χ3v) is 3.71. The molecule has 0 fully saturated rings. The van der Waals surface area contributed by atoms with Crippen LogP contribution in [0, 0.1) is 11.6 Å². The number of hydrogen-bond donors (Lipinski definition) is 2. The second-order valence-corrected chi connectivity index (χ2v) is 5.22. The van der Waals surface area contributed by atoms with Gasteiger partial charge in [0.25, 0.3) is 5.88 Å². The van der Waals surface area contributed by atoms with E-state index >= 15 is 0 Å². The highest BCUT2D eigenvalue weighted by molar-refractivity contribution is 9.10. The zero-order valence-corrected chi connectivity index (χ0v) is 12.7. The summed E-state index contributed by atoms with van der Waals surface area (Å²) in [5, 5.41) is 0.484. The molecule has 0 amide bonds. The van der Waals surface area contributed by atoms with E-state index in [1.807, 2.05) is 5.43 Å². The molecule has 0 saturated carbocycles. The predicted molar refractivity (Wildman–Crippen MR) is 76.2 cm³/mol. The van der Waals surface area contributed by atoms with Crippen molar-refractivity contribution in [2.75, 3.05) is 5.43 Å². The fourth-order valence-corrected chi connectivity index (χ4v) is 2.14. The lowest BCUT2D eigenvalue weighted by molar-refractivity contribution is 0.418. The fourth-order valence-electron chi connectivity index (χ4n) is 1.31. The number of rotatable bonds is 3. The first-order chi connectivity index (χ1) is 9.42. The van der Waals surface area contributed by atoms with Gasteiger partial charge in [-0.2, -0.15) is 4.98 Å². The molecule has 0 saturated heterocycles. The standard InChI is InChI=1S/C11H6BrCl2F2N3O/c12-4-1-6(14)9(2-5(4)13)20-11-8(16)3-7(15)10(18-11)19-17/h1-3H,17H2,(H,18,19). The first-order valence-electron chi connectivity index (χ1n) is 5.07. The number of nitrogens with zero attached hydrogens (tertiary/aromatic N) is 1. The van der Waals surface area contributed by atoms with Gasteiger partial charge in [0, 0.05) is 16.6 Å². The van der Waals surface area contributed by atoms with Gasteiger partial charge in [-0.3, -0.25) is 0 Å². The van der Waals surface area contributed by atoms with E-state index < -0.39 is 17.5 Å². The number of nitrogens with one attached hydrogen (secondary N) is 1. The van der Waals surface area contributed by atoms with E-state index in [1.54, 1.807) is 0 Å². The minimum atomic E-state index is -1.00. The number of hydrogen-bond acceptors (Lipinski definition) is 4. The largest absolute Gasteiger partial charge is 0.435 e. The van der Waals surface area contributed by atoms with Gasteiger partial charge in [-0.15, -0.1) is 0 Å². The second-order valence-electron chi connectivity index (χ2n) is 3.55. The summed E-state index contributed by atoms with van der Waals surface area (Å²) in [7, 11) is 0. The summed E-state index contributed by atoms with van der Waals surface area (Å²) in [6.07, 6.45) is 0. The number of benzene rings is 1. The van der Waals surface area contributed by atoms with Gasteiger partial charge < -0.3 is 10.2 Å². The molecule has 0 aliphatic rings. The van der Waals surface area contributed by atoms with E-state index in [4.69, 9.17) is 33.8 Å². The van der Waals surface area contributed by atoms with Crippen LogP contribution in [-0.4, -0.2) is 4.98 Å². The summed E-state index contributed by atoms with van der Waals surface area (Å²) in [5.74, 6) is 2.33. The molecule has 0 atom stereocenters. The molecular formula is C11H6BrCl2F2N3O. The van der Waals surface area contributed by atoms with Crippen molar-refractivity contribution in [2.45, 2.75) is 0 Å². The van der Waals surface area contributed by atoms with Crippen LogP contribution < -0.4 is 16.0 Å². The Kier molecular flexibility index (Phi) is 4.64. The SMILES string of the molecule is NNc1nc(Oc2cc(Cl)c(Br)cc2Cl)c(F)cc1F. The van der Waals surface area contributed by atoms with Crippen LogP contribution >= 0.6 is 39.1 Å². The molecule has 1 aromatic heterocycles. The predicted octanol–water partition coefficient (Wildman–Crippen LogP) is 4.51. The molecule has 1 aromatic carbocycles. The van der Waals surface area contributed by atoms with E-state index in [9.17, 15) is 8.78 Å². The van der Waals surface area contributed by atoms with E-state index in [0.717, 1.165) is 0 Å². The molecule has 9 heteroatoms. The minimum absolute atomic E-state index is 0.0702. The first-order valence-corrected chi connectivity index (χ1v) is 6.62. The maximum absolute atomic E-state index is 13.6. The molecule has 106 valence electrons. The number of aromatic nitrogens is 1. The molecular weight excluding hydrogens is 379 g/mol. The number of nitrogen functional groups attached to an aromatic ring is 1. The number of halogens is 5. The highest BCUT2D eigenvalue weighted by atomic mass is 79.9. The Bertz CT molecular complexity index is 673. The number of hydrazine groups is 1. The monoisotopic (exact) mass is 383 g/mol. The normalized spacial score (nSPS) is 10.5. The summed E-state index contributed by atoms with van der Waals surface area (Å²) in [6, 6.07) is 3.43. The van der Waals surface area contributed by atoms with Crippen LogP contribution in [0.1, 0.15) is 0 Å². The number of anilines is 1. The lowest BCUT2D eigenvalue weighted by Crippen LogP contribution is -2.11. The van der Waals surface area contributed by atoms with Crippen molar-refractivity contribution in [1.29, 1.82) is 0 Å². The molecule has 0 aliphatic carbocycles.